The van der Waals surface area contributed by atoms with E-state index in [-0.39, 0.29) is 17.8 Å². The second-order valence-corrected chi connectivity index (χ2v) is 8.95. The summed E-state index contributed by atoms with van der Waals surface area (Å²) in [7, 11) is 0. The molecule has 0 bridgehead atoms. The van der Waals surface area contributed by atoms with E-state index in [0.717, 1.165) is 5.56 Å². The summed E-state index contributed by atoms with van der Waals surface area (Å²) in [5, 5.41) is 11.8. The number of halogens is 1. The normalized spacial score (nSPS) is 16.6. The molecule has 3 atom stereocenters. The molecule has 0 aliphatic carbocycles. The molecule has 0 radical (unpaired) electrons. The summed E-state index contributed by atoms with van der Waals surface area (Å²) in [6.07, 6.45) is 1.32. The molecule has 1 amide bonds. The van der Waals surface area contributed by atoms with E-state index in [1.807, 2.05) is 35.8 Å². The first-order chi connectivity index (χ1) is 16.0. The predicted molar refractivity (Wildman–Crippen MR) is 124 cm³/mol. The number of carbonyl (C=O) groups excluding carboxylic acids is 1. The first-order valence-corrected chi connectivity index (χ1v) is 11.5. The third-order valence-electron chi connectivity index (χ3n) is 5.23. The molecule has 0 saturated carbocycles. The van der Waals surface area contributed by atoms with Gasteiger partial charge in [0, 0.05) is 6.54 Å². The number of hydrogen-bond acceptors (Lipinski definition) is 6. The summed E-state index contributed by atoms with van der Waals surface area (Å²) in [5.74, 6) is 1.49. The summed E-state index contributed by atoms with van der Waals surface area (Å²) in [6, 6.07) is 13.3. The number of amides is 1. The van der Waals surface area contributed by atoms with E-state index in [0.29, 0.717) is 35.6 Å². The zero-order valence-electron chi connectivity index (χ0n) is 18.4. The maximum absolute atomic E-state index is 13.2. The van der Waals surface area contributed by atoms with Crippen LogP contribution in [0, 0.1) is 5.82 Å². The molecular formula is C24H25FN4O3S. The second kappa shape index (κ2) is 10.1. The van der Waals surface area contributed by atoms with Gasteiger partial charge in [0.15, 0.2) is 28.6 Å². The van der Waals surface area contributed by atoms with E-state index in [9.17, 15) is 9.18 Å². The van der Waals surface area contributed by atoms with Gasteiger partial charge < -0.3 is 14.8 Å². The van der Waals surface area contributed by atoms with Gasteiger partial charge in [0.2, 0.25) is 5.91 Å². The smallest absolute Gasteiger partial charge is 0.233 e. The quantitative estimate of drug-likeness (QED) is 0.388. The van der Waals surface area contributed by atoms with Crippen LogP contribution in [-0.2, 0) is 11.3 Å². The van der Waals surface area contributed by atoms with Gasteiger partial charge in [0.1, 0.15) is 12.4 Å². The van der Waals surface area contributed by atoms with Gasteiger partial charge in [0.25, 0.3) is 0 Å². The van der Waals surface area contributed by atoms with Crippen molar-refractivity contribution >= 4 is 17.7 Å². The van der Waals surface area contributed by atoms with Crippen LogP contribution in [0.4, 0.5) is 4.39 Å². The fraction of sp³-hybridized carbons (Fsp3) is 0.292. The summed E-state index contributed by atoms with van der Waals surface area (Å²) < 4.78 is 26.9. The zero-order chi connectivity index (χ0) is 23.4. The number of benzene rings is 2. The number of nitrogens with one attached hydrogen (secondary N) is 1. The molecule has 1 aromatic heterocycles. The lowest BCUT2D eigenvalue weighted by Crippen LogP contribution is -2.33. The standard InChI is InChI=1S/C24H25FN4O3S/c1-4-13-29-22(21-14-31-19-7-5-6-8-20(19)32-21)27-28-24(29)33-16(3)23(30)26-15(2)17-9-11-18(25)12-10-17/h4-12,15-16,21H,1,13-14H2,2-3H3,(H,26,30)/t15-,16+,21+/m0/s1. The van der Waals surface area contributed by atoms with Gasteiger partial charge in [-0.15, -0.1) is 16.8 Å². The Labute approximate surface area is 196 Å². The van der Waals surface area contributed by atoms with Crippen LogP contribution in [-0.4, -0.2) is 32.5 Å². The van der Waals surface area contributed by atoms with Crippen LogP contribution in [0.5, 0.6) is 11.5 Å². The van der Waals surface area contributed by atoms with Crippen LogP contribution in [0.1, 0.15) is 37.4 Å². The summed E-state index contributed by atoms with van der Waals surface area (Å²) in [5.41, 5.74) is 0.828. The zero-order valence-corrected chi connectivity index (χ0v) is 19.2. The summed E-state index contributed by atoms with van der Waals surface area (Å²) >= 11 is 1.30. The van der Waals surface area contributed by atoms with Crippen LogP contribution in [0.25, 0.3) is 0 Å². The van der Waals surface area contributed by atoms with E-state index in [1.165, 1.54) is 23.9 Å². The highest BCUT2D eigenvalue weighted by molar-refractivity contribution is 8.00. The number of carbonyl (C=O) groups is 1. The average molecular weight is 469 g/mol. The van der Waals surface area contributed by atoms with Crippen molar-refractivity contribution in [2.45, 2.75) is 42.9 Å². The fourth-order valence-electron chi connectivity index (χ4n) is 3.45. The lowest BCUT2D eigenvalue weighted by atomic mass is 10.1. The Balaban J connectivity index is 1.45. The average Bonchev–Trinajstić information content (AvgIpc) is 3.21. The number of aromatic nitrogens is 3. The van der Waals surface area contributed by atoms with Gasteiger partial charge in [-0.05, 0) is 43.7 Å². The highest BCUT2D eigenvalue weighted by Gasteiger charge is 2.29. The Bertz CT molecular complexity index is 1130. The Morgan fingerprint density at radius 1 is 1.24 bits per heavy atom. The first kappa shape index (κ1) is 22.8. The largest absolute Gasteiger partial charge is 0.485 e. The van der Waals surface area contributed by atoms with Gasteiger partial charge >= 0.3 is 0 Å². The topological polar surface area (TPSA) is 78.3 Å². The van der Waals surface area contributed by atoms with E-state index in [2.05, 4.69) is 22.1 Å². The Hall–Kier alpha value is -3.33. The molecule has 1 N–H and O–H groups in total. The predicted octanol–water partition coefficient (Wildman–Crippen LogP) is 4.47. The van der Waals surface area contributed by atoms with Gasteiger partial charge in [-0.25, -0.2) is 4.39 Å². The third-order valence-corrected chi connectivity index (χ3v) is 6.31. The molecule has 9 heteroatoms. The maximum Gasteiger partial charge on any atom is 0.233 e. The van der Waals surface area contributed by atoms with Gasteiger partial charge in [-0.2, -0.15) is 0 Å². The molecule has 2 aromatic carbocycles. The molecule has 3 aromatic rings. The summed E-state index contributed by atoms with van der Waals surface area (Å²) in [4.78, 5) is 12.8. The number of hydrogen-bond donors (Lipinski definition) is 1. The summed E-state index contributed by atoms with van der Waals surface area (Å²) in [6.45, 7) is 8.27. The minimum absolute atomic E-state index is 0.155. The van der Waals surface area contributed by atoms with E-state index >= 15 is 0 Å². The molecule has 7 nitrogen and oxygen atoms in total. The maximum atomic E-state index is 13.2. The van der Waals surface area contributed by atoms with Crippen molar-refractivity contribution in [2.24, 2.45) is 0 Å². The van der Waals surface area contributed by atoms with E-state index in [1.54, 1.807) is 25.1 Å². The number of rotatable bonds is 8. The Kier molecular flexibility index (Phi) is 6.98. The van der Waals surface area contributed by atoms with Crippen molar-refractivity contribution in [1.82, 2.24) is 20.1 Å². The minimum atomic E-state index is -0.433. The number of thioether (sulfide) groups is 1. The fourth-order valence-corrected chi connectivity index (χ4v) is 4.32. The van der Waals surface area contributed by atoms with Crippen molar-refractivity contribution in [2.75, 3.05) is 6.61 Å². The van der Waals surface area contributed by atoms with E-state index in [4.69, 9.17) is 9.47 Å². The minimum Gasteiger partial charge on any atom is -0.485 e. The number of allylic oxidation sites excluding steroid dienone is 1. The SMILES string of the molecule is C=CCn1c(S[C@H](C)C(=O)N[C@@H](C)c2ccc(F)cc2)nnc1[C@H]1COc2ccccc2O1. The van der Waals surface area contributed by atoms with Crippen molar-refractivity contribution in [3.8, 4) is 11.5 Å². The number of para-hydroxylation sites is 2. The number of nitrogens with zero attached hydrogens (tertiary/aromatic N) is 3. The van der Waals surface area contributed by atoms with Crippen molar-refractivity contribution in [3.63, 3.8) is 0 Å². The van der Waals surface area contributed by atoms with E-state index < -0.39 is 11.4 Å². The van der Waals surface area contributed by atoms with Crippen molar-refractivity contribution < 1.29 is 18.7 Å². The molecule has 0 unspecified atom stereocenters. The molecule has 33 heavy (non-hydrogen) atoms. The van der Waals surface area contributed by atoms with Gasteiger partial charge in [-0.1, -0.05) is 42.1 Å². The monoisotopic (exact) mass is 468 g/mol. The molecule has 1 aliphatic rings. The van der Waals surface area contributed by atoms with Crippen LogP contribution in [0.3, 0.4) is 0 Å². The van der Waals surface area contributed by atoms with Crippen molar-refractivity contribution in [3.05, 3.63) is 78.4 Å². The Morgan fingerprint density at radius 2 is 1.97 bits per heavy atom. The molecule has 0 spiro atoms. The van der Waals surface area contributed by atoms with Crippen LogP contribution < -0.4 is 14.8 Å². The third kappa shape index (κ3) is 5.19. The van der Waals surface area contributed by atoms with Crippen molar-refractivity contribution in [1.29, 1.82) is 0 Å². The van der Waals surface area contributed by atoms with Gasteiger partial charge in [0.05, 0.1) is 11.3 Å². The lowest BCUT2D eigenvalue weighted by Gasteiger charge is -2.26. The molecule has 0 fully saturated rings. The highest BCUT2D eigenvalue weighted by atomic mass is 32.2. The number of ether oxygens (including phenoxy) is 2. The van der Waals surface area contributed by atoms with Crippen LogP contribution >= 0.6 is 11.8 Å². The Morgan fingerprint density at radius 3 is 2.70 bits per heavy atom. The molecular weight excluding hydrogens is 443 g/mol. The second-order valence-electron chi connectivity index (χ2n) is 7.65. The van der Waals surface area contributed by atoms with Crippen LogP contribution in [0.2, 0.25) is 0 Å². The molecule has 4 rings (SSSR count). The molecule has 172 valence electrons. The molecule has 1 aliphatic heterocycles. The highest BCUT2D eigenvalue weighted by Crippen LogP contribution is 2.36. The number of fused-ring (bicyclic) bond motifs is 1. The lowest BCUT2D eigenvalue weighted by molar-refractivity contribution is -0.120. The molecule has 0 saturated heterocycles. The first-order valence-electron chi connectivity index (χ1n) is 10.6. The molecule has 2 heterocycles. The van der Waals surface area contributed by atoms with Gasteiger partial charge in [-0.3, -0.25) is 9.36 Å². The van der Waals surface area contributed by atoms with Crippen LogP contribution in [0.15, 0.2) is 66.3 Å².